The fourth-order valence-electron chi connectivity index (χ4n) is 1.24. The van der Waals surface area contributed by atoms with Crippen LogP contribution in [-0.4, -0.2) is 15.2 Å². The summed E-state index contributed by atoms with van der Waals surface area (Å²) in [5.41, 5.74) is 5.70. The van der Waals surface area contributed by atoms with Crippen molar-refractivity contribution >= 4 is 21.7 Å². The van der Waals surface area contributed by atoms with Gasteiger partial charge < -0.3 is 14.9 Å². The van der Waals surface area contributed by atoms with Crippen molar-refractivity contribution in [3.63, 3.8) is 0 Å². The zero-order valence-corrected chi connectivity index (χ0v) is 10.9. The summed E-state index contributed by atoms with van der Waals surface area (Å²) in [5, 5.41) is 7.62. The van der Waals surface area contributed by atoms with Gasteiger partial charge in [-0.3, -0.25) is 0 Å². The summed E-state index contributed by atoms with van der Waals surface area (Å²) in [7, 11) is 0. The summed E-state index contributed by atoms with van der Waals surface area (Å²) in [5.74, 6) is 1.69. The molecular weight excluding hydrogens is 288 g/mol. The van der Waals surface area contributed by atoms with Crippen LogP contribution in [0.3, 0.4) is 0 Å². The number of hydrogen-bond acceptors (Lipinski definition) is 6. The molecule has 7 heteroatoms. The highest BCUT2D eigenvalue weighted by atomic mass is 79.9. The van der Waals surface area contributed by atoms with E-state index >= 15 is 0 Å². The number of nitrogens with zero attached hydrogens (tertiary/aromatic N) is 3. The SMILES string of the molecule is Cc1nnc([C@@H](C)Oc2cc(Br)cnc2N)o1. The number of halogens is 1. The lowest BCUT2D eigenvalue weighted by atomic mass is 10.4. The van der Waals surface area contributed by atoms with Crippen LogP contribution in [0.25, 0.3) is 0 Å². The summed E-state index contributed by atoms with van der Waals surface area (Å²) in [6.45, 7) is 3.52. The number of nitrogen functional groups attached to an aromatic ring is 1. The van der Waals surface area contributed by atoms with Crippen molar-refractivity contribution in [1.29, 1.82) is 0 Å². The maximum atomic E-state index is 5.70. The minimum atomic E-state index is -0.380. The Labute approximate surface area is 106 Å². The monoisotopic (exact) mass is 298 g/mol. The molecule has 0 aliphatic rings. The lowest BCUT2D eigenvalue weighted by molar-refractivity contribution is 0.187. The number of pyridine rings is 1. The molecule has 0 radical (unpaired) electrons. The Morgan fingerprint density at radius 3 is 2.88 bits per heavy atom. The number of aryl methyl sites for hydroxylation is 1. The van der Waals surface area contributed by atoms with Crippen LogP contribution in [-0.2, 0) is 0 Å². The minimum absolute atomic E-state index is 0.316. The predicted molar refractivity (Wildman–Crippen MR) is 64.4 cm³/mol. The third-order valence-corrected chi connectivity index (χ3v) is 2.48. The second kappa shape index (κ2) is 4.70. The van der Waals surface area contributed by atoms with Gasteiger partial charge in [0.05, 0.1) is 0 Å². The van der Waals surface area contributed by atoms with E-state index in [-0.39, 0.29) is 6.10 Å². The molecule has 2 heterocycles. The van der Waals surface area contributed by atoms with Crippen molar-refractivity contribution in [3.05, 3.63) is 28.5 Å². The Hall–Kier alpha value is -1.63. The third kappa shape index (κ3) is 2.73. The molecule has 0 amide bonds. The van der Waals surface area contributed by atoms with Gasteiger partial charge in [-0.2, -0.15) is 0 Å². The van der Waals surface area contributed by atoms with Gasteiger partial charge in [-0.1, -0.05) is 0 Å². The number of ether oxygens (including phenoxy) is 1. The molecule has 0 bridgehead atoms. The van der Waals surface area contributed by atoms with Gasteiger partial charge in [0.1, 0.15) is 0 Å². The van der Waals surface area contributed by atoms with Crippen molar-refractivity contribution in [2.24, 2.45) is 0 Å². The van der Waals surface area contributed by atoms with Gasteiger partial charge in [0.15, 0.2) is 17.7 Å². The van der Waals surface area contributed by atoms with Gasteiger partial charge in [0, 0.05) is 17.6 Å². The average molecular weight is 299 g/mol. The number of anilines is 1. The number of aromatic nitrogens is 3. The average Bonchev–Trinajstić information content (AvgIpc) is 2.70. The summed E-state index contributed by atoms with van der Waals surface area (Å²) in [6, 6.07) is 1.74. The first kappa shape index (κ1) is 11.8. The summed E-state index contributed by atoms with van der Waals surface area (Å²) < 4.78 is 11.7. The predicted octanol–water partition coefficient (Wildman–Crippen LogP) is 2.26. The Bertz CT molecular complexity index is 529. The van der Waals surface area contributed by atoms with Crippen LogP contribution in [0, 0.1) is 6.92 Å². The molecule has 0 saturated heterocycles. The maximum Gasteiger partial charge on any atom is 0.256 e. The van der Waals surface area contributed by atoms with E-state index < -0.39 is 0 Å². The zero-order chi connectivity index (χ0) is 12.4. The number of rotatable bonds is 3. The molecule has 0 aliphatic carbocycles. The first-order valence-electron chi connectivity index (χ1n) is 4.94. The Morgan fingerprint density at radius 2 is 2.24 bits per heavy atom. The number of hydrogen-bond donors (Lipinski definition) is 1. The fraction of sp³-hybridized carbons (Fsp3) is 0.300. The second-order valence-corrected chi connectivity index (χ2v) is 4.37. The molecule has 2 rings (SSSR count). The van der Waals surface area contributed by atoms with E-state index in [9.17, 15) is 0 Å². The molecule has 17 heavy (non-hydrogen) atoms. The fourth-order valence-corrected chi connectivity index (χ4v) is 1.55. The second-order valence-electron chi connectivity index (χ2n) is 3.46. The van der Waals surface area contributed by atoms with Gasteiger partial charge in [-0.05, 0) is 28.9 Å². The molecule has 2 aromatic heterocycles. The quantitative estimate of drug-likeness (QED) is 0.935. The lowest BCUT2D eigenvalue weighted by Gasteiger charge is -2.12. The van der Waals surface area contributed by atoms with Crippen LogP contribution < -0.4 is 10.5 Å². The van der Waals surface area contributed by atoms with Crippen molar-refractivity contribution in [3.8, 4) is 5.75 Å². The normalized spacial score (nSPS) is 12.4. The molecule has 1 atom stereocenters. The molecule has 0 aromatic carbocycles. The first-order chi connectivity index (χ1) is 8.06. The highest BCUT2D eigenvalue weighted by Gasteiger charge is 2.16. The maximum absolute atomic E-state index is 5.70. The molecule has 6 nitrogen and oxygen atoms in total. The molecule has 0 aliphatic heterocycles. The van der Waals surface area contributed by atoms with Crippen LogP contribution >= 0.6 is 15.9 Å². The standard InChI is InChI=1S/C10H11BrN4O2/c1-5(10-15-14-6(2)17-10)16-8-3-7(11)4-13-9(8)12/h3-5H,1-2H3,(H2,12,13)/t5-/m1/s1. The van der Waals surface area contributed by atoms with Crippen molar-refractivity contribution in [2.75, 3.05) is 5.73 Å². The van der Waals surface area contributed by atoms with E-state index in [1.165, 1.54) is 0 Å². The van der Waals surface area contributed by atoms with Crippen molar-refractivity contribution in [1.82, 2.24) is 15.2 Å². The van der Waals surface area contributed by atoms with Crippen LogP contribution in [0.1, 0.15) is 24.8 Å². The van der Waals surface area contributed by atoms with Crippen LogP contribution in [0.5, 0.6) is 5.75 Å². The number of nitrogens with two attached hydrogens (primary N) is 1. The topological polar surface area (TPSA) is 87.1 Å². The van der Waals surface area contributed by atoms with E-state index in [1.807, 2.05) is 0 Å². The molecule has 0 fully saturated rings. The largest absolute Gasteiger partial charge is 0.477 e. The highest BCUT2D eigenvalue weighted by molar-refractivity contribution is 9.10. The van der Waals surface area contributed by atoms with Crippen molar-refractivity contribution < 1.29 is 9.15 Å². The summed E-state index contributed by atoms with van der Waals surface area (Å²) in [6.07, 6.45) is 1.22. The highest BCUT2D eigenvalue weighted by Crippen LogP contribution is 2.27. The summed E-state index contributed by atoms with van der Waals surface area (Å²) in [4.78, 5) is 3.97. The smallest absolute Gasteiger partial charge is 0.256 e. The van der Waals surface area contributed by atoms with E-state index in [2.05, 4.69) is 31.1 Å². The van der Waals surface area contributed by atoms with Gasteiger partial charge in [0.2, 0.25) is 5.89 Å². The van der Waals surface area contributed by atoms with Crippen LogP contribution in [0.4, 0.5) is 5.82 Å². The van der Waals surface area contributed by atoms with Gasteiger partial charge in [-0.25, -0.2) is 4.98 Å². The van der Waals surface area contributed by atoms with E-state index in [4.69, 9.17) is 14.9 Å². The van der Waals surface area contributed by atoms with Crippen molar-refractivity contribution in [2.45, 2.75) is 20.0 Å². The Kier molecular flexibility index (Phi) is 3.28. The van der Waals surface area contributed by atoms with E-state index in [1.54, 1.807) is 26.1 Å². The van der Waals surface area contributed by atoms with Crippen LogP contribution in [0.2, 0.25) is 0 Å². The molecule has 0 saturated carbocycles. The Balaban J connectivity index is 2.18. The third-order valence-electron chi connectivity index (χ3n) is 2.04. The first-order valence-corrected chi connectivity index (χ1v) is 5.73. The lowest BCUT2D eigenvalue weighted by Crippen LogP contribution is -2.06. The van der Waals surface area contributed by atoms with Crippen LogP contribution in [0.15, 0.2) is 21.2 Å². The summed E-state index contributed by atoms with van der Waals surface area (Å²) >= 11 is 3.30. The minimum Gasteiger partial charge on any atom is -0.477 e. The molecule has 90 valence electrons. The van der Waals surface area contributed by atoms with Gasteiger partial charge in [0.25, 0.3) is 5.89 Å². The van der Waals surface area contributed by atoms with Gasteiger partial charge >= 0.3 is 0 Å². The molecule has 0 unspecified atom stereocenters. The molecular formula is C10H11BrN4O2. The molecule has 0 spiro atoms. The van der Waals surface area contributed by atoms with E-state index in [0.29, 0.717) is 23.3 Å². The molecule has 2 aromatic rings. The van der Waals surface area contributed by atoms with E-state index in [0.717, 1.165) is 4.47 Å². The molecule has 2 N–H and O–H groups in total. The van der Waals surface area contributed by atoms with Gasteiger partial charge in [-0.15, -0.1) is 10.2 Å². The Morgan fingerprint density at radius 1 is 1.47 bits per heavy atom. The zero-order valence-electron chi connectivity index (χ0n) is 9.35.